The zero-order valence-corrected chi connectivity index (χ0v) is 8.28. The van der Waals surface area contributed by atoms with Crippen molar-refractivity contribution in [3.8, 4) is 0 Å². The Labute approximate surface area is 78.3 Å². The number of hydrogen-bond acceptors (Lipinski definition) is 2. The molecule has 13 heavy (non-hydrogen) atoms. The van der Waals surface area contributed by atoms with Crippen LogP contribution in [0.5, 0.6) is 0 Å². The molecule has 1 atom stereocenters. The van der Waals surface area contributed by atoms with Crippen LogP contribution >= 0.6 is 0 Å². The van der Waals surface area contributed by atoms with Gasteiger partial charge in [-0.1, -0.05) is 6.92 Å². The van der Waals surface area contributed by atoms with Crippen molar-refractivity contribution in [2.24, 2.45) is 0 Å². The van der Waals surface area contributed by atoms with E-state index in [0.29, 0.717) is 11.7 Å². The molecule has 0 saturated heterocycles. The van der Waals surface area contributed by atoms with E-state index in [9.17, 15) is 4.79 Å². The van der Waals surface area contributed by atoms with Crippen molar-refractivity contribution in [2.45, 2.75) is 26.3 Å². The molecule has 0 spiro atoms. The monoisotopic (exact) mass is 181 g/mol. The van der Waals surface area contributed by atoms with E-state index in [2.05, 4.69) is 18.6 Å². The van der Waals surface area contributed by atoms with Gasteiger partial charge in [0.1, 0.15) is 5.69 Å². The maximum atomic E-state index is 11.3. The highest BCUT2D eigenvalue weighted by molar-refractivity contribution is 5.87. The Morgan fingerprint density at radius 2 is 2.38 bits per heavy atom. The van der Waals surface area contributed by atoms with Crippen LogP contribution < -0.4 is 0 Å². The lowest BCUT2D eigenvalue weighted by Crippen LogP contribution is -2.12. The van der Waals surface area contributed by atoms with Gasteiger partial charge < -0.3 is 9.30 Å². The van der Waals surface area contributed by atoms with Crippen LogP contribution in [-0.2, 0) is 4.74 Å². The Bertz CT molecular complexity index is 291. The van der Waals surface area contributed by atoms with Crippen LogP contribution in [0.15, 0.2) is 18.3 Å². The maximum Gasteiger partial charge on any atom is 0.354 e. The summed E-state index contributed by atoms with van der Waals surface area (Å²) in [7, 11) is 1.40. The zero-order valence-electron chi connectivity index (χ0n) is 8.28. The lowest BCUT2D eigenvalue weighted by molar-refractivity contribution is 0.0586. The first-order valence-electron chi connectivity index (χ1n) is 4.45. The standard InChI is InChI=1S/C10H15NO2/c1-4-8(2)11-7-5-6-9(11)10(12)13-3/h5-8H,4H2,1-3H3. The van der Waals surface area contributed by atoms with Crippen LogP contribution in [0.4, 0.5) is 0 Å². The van der Waals surface area contributed by atoms with Crippen molar-refractivity contribution in [3.05, 3.63) is 24.0 Å². The van der Waals surface area contributed by atoms with E-state index in [-0.39, 0.29) is 5.97 Å². The summed E-state index contributed by atoms with van der Waals surface area (Å²) in [5.41, 5.74) is 0.622. The number of carbonyl (C=O) groups is 1. The third-order valence-corrected chi connectivity index (χ3v) is 2.24. The molecule has 0 aromatic carbocycles. The first-order chi connectivity index (χ1) is 6.20. The van der Waals surface area contributed by atoms with Crippen molar-refractivity contribution in [1.29, 1.82) is 0 Å². The van der Waals surface area contributed by atoms with Gasteiger partial charge in [-0.2, -0.15) is 0 Å². The number of esters is 1. The second kappa shape index (κ2) is 4.12. The van der Waals surface area contributed by atoms with Crippen molar-refractivity contribution in [1.82, 2.24) is 4.57 Å². The van der Waals surface area contributed by atoms with Gasteiger partial charge in [-0.15, -0.1) is 0 Å². The predicted octanol–water partition coefficient (Wildman–Crippen LogP) is 2.25. The molecule has 0 amide bonds. The van der Waals surface area contributed by atoms with Gasteiger partial charge >= 0.3 is 5.97 Å². The molecule has 0 aliphatic heterocycles. The summed E-state index contributed by atoms with van der Waals surface area (Å²) < 4.78 is 6.61. The van der Waals surface area contributed by atoms with Crippen molar-refractivity contribution >= 4 is 5.97 Å². The number of hydrogen-bond donors (Lipinski definition) is 0. The Kier molecular flexibility index (Phi) is 3.12. The molecule has 0 saturated carbocycles. The molecule has 1 heterocycles. The molecule has 72 valence electrons. The van der Waals surface area contributed by atoms with Gasteiger partial charge in [0, 0.05) is 12.2 Å². The Hall–Kier alpha value is -1.25. The molecule has 0 fully saturated rings. The molecule has 0 N–H and O–H groups in total. The van der Waals surface area contributed by atoms with Crippen LogP contribution in [0.25, 0.3) is 0 Å². The summed E-state index contributed by atoms with van der Waals surface area (Å²) in [5.74, 6) is -0.273. The van der Waals surface area contributed by atoms with Crippen LogP contribution in [0.3, 0.4) is 0 Å². The van der Waals surface area contributed by atoms with Gasteiger partial charge in [0.05, 0.1) is 7.11 Å². The molecule has 0 bridgehead atoms. The van der Waals surface area contributed by atoms with Gasteiger partial charge in [-0.3, -0.25) is 0 Å². The molecule has 0 aliphatic carbocycles. The van der Waals surface area contributed by atoms with E-state index in [1.807, 2.05) is 16.8 Å². The second-order valence-corrected chi connectivity index (χ2v) is 3.05. The normalized spacial score (nSPS) is 12.5. The van der Waals surface area contributed by atoms with E-state index in [4.69, 9.17) is 0 Å². The SMILES string of the molecule is CCC(C)n1cccc1C(=O)OC. The first-order valence-corrected chi connectivity index (χ1v) is 4.45. The zero-order chi connectivity index (χ0) is 9.84. The summed E-state index contributed by atoms with van der Waals surface area (Å²) in [6.07, 6.45) is 2.90. The fourth-order valence-electron chi connectivity index (χ4n) is 1.25. The fraction of sp³-hybridized carbons (Fsp3) is 0.500. The minimum Gasteiger partial charge on any atom is -0.464 e. The topological polar surface area (TPSA) is 31.2 Å². The summed E-state index contributed by atoms with van der Waals surface area (Å²) in [6.45, 7) is 4.16. The van der Waals surface area contributed by atoms with Crippen molar-refractivity contribution < 1.29 is 9.53 Å². The third kappa shape index (κ3) is 1.91. The van der Waals surface area contributed by atoms with Crippen LogP contribution in [0, 0.1) is 0 Å². The van der Waals surface area contributed by atoms with Crippen LogP contribution in [0.2, 0.25) is 0 Å². The van der Waals surface area contributed by atoms with Gasteiger partial charge in [0.2, 0.25) is 0 Å². The number of aromatic nitrogens is 1. The van der Waals surface area contributed by atoms with E-state index >= 15 is 0 Å². The average molecular weight is 181 g/mol. The molecular weight excluding hydrogens is 166 g/mol. The molecule has 1 aromatic heterocycles. The van der Waals surface area contributed by atoms with E-state index in [0.717, 1.165) is 6.42 Å². The number of methoxy groups -OCH3 is 1. The summed E-state index contributed by atoms with van der Waals surface area (Å²) >= 11 is 0. The number of rotatable bonds is 3. The summed E-state index contributed by atoms with van der Waals surface area (Å²) in [5, 5.41) is 0. The predicted molar refractivity (Wildman–Crippen MR) is 50.8 cm³/mol. The number of carbonyl (C=O) groups excluding carboxylic acids is 1. The van der Waals surface area contributed by atoms with Crippen LogP contribution in [0.1, 0.15) is 36.8 Å². The molecule has 1 rings (SSSR count). The quantitative estimate of drug-likeness (QED) is 0.670. The summed E-state index contributed by atoms with van der Waals surface area (Å²) in [4.78, 5) is 11.3. The van der Waals surface area contributed by atoms with Gasteiger partial charge in [0.15, 0.2) is 0 Å². The molecular formula is C10H15NO2. The molecule has 0 radical (unpaired) electrons. The fourth-order valence-corrected chi connectivity index (χ4v) is 1.25. The molecule has 1 unspecified atom stereocenters. The van der Waals surface area contributed by atoms with Crippen molar-refractivity contribution in [3.63, 3.8) is 0 Å². The van der Waals surface area contributed by atoms with E-state index < -0.39 is 0 Å². The van der Waals surface area contributed by atoms with E-state index in [1.54, 1.807) is 6.07 Å². The second-order valence-electron chi connectivity index (χ2n) is 3.05. The number of ether oxygens (including phenoxy) is 1. The minimum atomic E-state index is -0.273. The van der Waals surface area contributed by atoms with Gasteiger partial charge in [-0.05, 0) is 25.5 Å². The smallest absolute Gasteiger partial charge is 0.354 e. The van der Waals surface area contributed by atoms with Crippen molar-refractivity contribution in [2.75, 3.05) is 7.11 Å². The third-order valence-electron chi connectivity index (χ3n) is 2.24. The largest absolute Gasteiger partial charge is 0.464 e. The minimum absolute atomic E-state index is 0.273. The van der Waals surface area contributed by atoms with Gasteiger partial charge in [0.25, 0.3) is 0 Å². The lowest BCUT2D eigenvalue weighted by atomic mass is 10.2. The molecule has 1 aromatic rings. The van der Waals surface area contributed by atoms with Gasteiger partial charge in [-0.25, -0.2) is 4.79 Å². The highest BCUT2D eigenvalue weighted by Gasteiger charge is 2.13. The van der Waals surface area contributed by atoms with Crippen LogP contribution in [-0.4, -0.2) is 17.6 Å². The Balaban J connectivity index is 2.95. The Morgan fingerprint density at radius 1 is 1.69 bits per heavy atom. The lowest BCUT2D eigenvalue weighted by Gasteiger charge is -2.13. The highest BCUT2D eigenvalue weighted by atomic mass is 16.5. The molecule has 0 aliphatic rings. The maximum absolute atomic E-state index is 11.3. The average Bonchev–Trinajstić information content (AvgIpc) is 2.63. The highest BCUT2D eigenvalue weighted by Crippen LogP contribution is 2.14. The summed E-state index contributed by atoms with van der Waals surface area (Å²) in [6, 6.07) is 3.97. The Morgan fingerprint density at radius 3 is 2.92 bits per heavy atom. The van der Waals surface area contributed by atoms with E-state index in [1.165, 1.54) is 7.11 Å². The molecule has 3 heteroatoms. The number of nitrogens with zero attached hydrogens (tertiary/aromatic N) is 1. The first kappa shape index (κ1) is 9.84. The molecule has 3 nitrogen and oxygen atoms in total.